The molecule has 0 unspecified atom stereocenters. The zero-order valence-corrected chi connectivity index (χ0v) is 29.3. The fraction of sp³-hybridized carbons (Fsp3) is 0.405. The van der Waals surface area contributed by atoms with Crippen molar-refractivity contribution >= 4 is 41.2 Å². The monoisotopic (exact) mass is 643 g/mol. The number of carbonyl (C=O) groups is 1. The summed E-state index contributed by atoms with van der Waals surface area (Å²) < 4.78 is 14.4. The first-order valence-electron chi connectivity index (χ1n) is 17.6. The molecule has 7 rings (SSSR count). The van der Waals surface area contributed by atoms with Crippen molar-refractivity contribution in [3.63, 3.8) is 0 Å². The third-order valence-corrected chi connectivity index (χ3v) is 16.8. The summed E-state index contributed by atoms with van der Waals surface area (Å²) in [4.78, 5) is 13.7. The van der Waals surface area contributed by atoms with E-state index in [0.717, 1.165) is 35.7 Å². The van der Waals surface area contributed by atoms with Crippen LogP contribution in [0.3, 0.4) is 0 Å². The molecule has 0 aliphatic heterocycles. The first-order chi connectivity index (χ1) is 22.7. The van der Waals surface area contributed by atoms with E-state index in [0.29, 0.717) is 11.8 Å². The lowest BCUT2D eigenvalue weighted by molar-refractivity contribution is -0.0686. The molecule has 0 radical (unpaired) electrons. The van der Waals surface area contributed by atoms with Gasteiger partial charge in [0.2, 0.25) is 0 Å². The Balaban J connectivity index is 1.25. The second kappa shape index (κ2) is 12.7. The number of ether oxygens (including phenoxy) is 1. The molecule has 47 heavy (non-hydrogen) atoms. The summed E-state index contributed by atoms with van der Waals surface area (Å²) in [5.74, 6) is 0.909. The van der Waals surface area contributed by atoms with Gasteiger partial charge in [-0.1, -0.05) is 131 Å². The van der Waals surface area contributed by atoms with Gasteiger partial charge in [0, 0.05) is 17.4 Å². The Hall–Kier alpha value is -3.67. The number of amides is 1. The highest BCUT2D eigenvalue weighted by Crippen LogP contribution is 2.61. The van der Waals surface area contributed by atoms with E-state index in [1.165, 1.54) is 29.6 Å². The molecule has 244 valence electrons. The smallest absolute Gasteiger partial charge is 0.412 e. The zero-order chi connectivity index (χ0) is 32.6. The summed E-state index contributed by atoms with van der Waals surface area (Å²) in [6.07, 6.45) is 10.6. The van der Waals surface area contributed by atoms with Crippen molar-refractivity contribution in [2.75, 3.05) is 5.32 Å². The molecule has 0 heterocycles. The molecule has 1 amide bonds. The van der Waals surface area contributed by atoms with Crippen LogP contribution in [0.2, 0.25) is 5.04 Å². The standard InChI is InChI=1S/C42H49NO3Si/c1-30-25-28-42-27-14-13-24-36(45-40(44)43-35-23-15-17-31-16-11-12-22-34(31)35)38(30)39(42)37(26-29-42)46-47(41(2,3)4,32-18-7-5-8-19-32)33-20-9-6-10-21-33/h5-13,15-24,30,36-39H,14,25-29H2,1-4H3,(H,43,44)/b24-13-/t30-,36-,37+,38+,39+,42+/m0/s1. The molecular weight excluding hydrogens is 595 g/mol. The van der Waals surface area contributed by atoms with Crippen LogP contribution < -0.4 is 15.7 Å². The van der Waals surface area contributed by atoms with Gasteiger partial charge in [-0.3, -0.25) is 5.32 Å². The van der Waals surface area contributed by atoms with Crippen LogP contribution in [0.15, 0.2) is 115 Å². The molecule has 3 aliphatic rings. The van der Waals surface area contributed by atoms with Gasteiger partial charge in [-0.05, 0) is 88.7 Å². The van der Waals surface area contributed by atoms with E-state index >= 15 is 0 Å². The van der Waals surface area contributed by atoms with Gasteiger partial charge in [0.25, 0.3) is 8.32 Å². The van der Waals surface area contributed by atoms with Gasteiger partial charge in [0.1, 0.15) is 6.10 Å². The maximum absolute atomic E-state index is 13.7. The first-order valence-corrected chi connectivity index (χ1v) is 19.5. The van der Waals surface area contributed by atoms with Crippen LogP contribution >= 0.6 is 0 Å². The lowest BCUT2D eigenvalue weighted by Gasteiger charge is -2.53. The molecule has 0 spiro atoms. The van der Waals surface area contributed by atoms with Crippen LogP contribution in [0.1, 0.15) is 66.2 Å². The van der Waals surface area contributed by atoms with E-state index in [9.17, 15) is 4.79 Å². The maximum Gasteiger partial charge on any atom is 0.412 e. The largest absolute Gasteiger partial charge is 0.441 e. The Morgan fingerprint density at radius 2 is 1.45 bits per heavy atom. The van der Waals surface area contributed by atoms with E-state index in [1.807, 2.05) is 30.3 Å². The fourth-order valence-electron chi connectivity index (χ4n) is 9.62. The van der Waals surface area contributed by atoms with Crippen molar-refractivity contribution in [2.45, 2.75) is 83.5 Å². The van der Waals surface area contributed by atoms with Crippen molar-refractivity contribution in [2.24, 2.45) is 23.2 Å². The Labute approximate surface area is 281 Å². The van der Waals surface area contributed by atoms with Crippen LogP contribution in [0.4, 0.5) is 10.5 Å². The first kappa shape index (κ1) is 31.9. The number of benzene rings is 4. The summed E-state index contributed by atoms with van der Waals surface area (Å²) in [6, 6.07) is 36.2. The van der Waals surface area contributed by atoms with E-state index < -0.39 is 8.32 Å². The van der Waals surface area contributed by atoms with Crippen molar-refractivity contribution < 1.29 is 14.0 Å². The Bertz CT molecular complexity index is 1690. The Morgan fingerprint density at radius 3 is 2.15 bits per heavy atom. The van der Waals surface area contributed by atoms with Gasteiger partial charge < -0.3 is 9.16 Å². The topological polar surface area (TPSA) is 47.6 Å². The lowest BCUT2D eigenvalue weighted by Crippen LogP contribution is -2.68. The van der Waals surface area contributed by atoms with Crippen molar-refractivity contribution in [3.8, 4) is 0 Å². The molecule has 4 aromatic rings. The molecule has 0 saturated heterocycles. The number of hydrogen-bond donors (Lipinski definition) is 1. The van der Waals surface area contributed by atoms with Crippen LogP contribution in [0.25, 0.3) is 10.8 Å². The maximum atomic E-state index is 13.7. The van der Waals surface area contributed by atoms with Crippen LogP contribution in [0, 0.1) is 23.2 Å². The third kappa shape index (κ3) is 5.76. The van der Waals surface area contributed by atoms with Crippen LogP contribution in [-0.2, 0) is 9.16 Å². The predicted molar refractivity (Wildman–Crippen MR) is 196 cm³/mol. The molecular formula is C42H49NO3Si. The molecule has 4 nitrogen and oxygen atoms in total. The number of allylic oxidation sites excluding steroid dienone is 1. The van der Waals surface area contributed by atoms with E-state index in [1.54, 1.807) is 0 Å². The van der Waals surface area contributed by atoms with Gasteiger partial charge in [-0.15, -0.1) is 0 Å². The van der Waals surface area contributed by atoms with E-state index in [-0.39, 0.29) is 34.7 Å². The number of hydrogen-bond acceptors (Lipinski definition) is 3. The van der Waals surface area contributed by atoms with E-state index in [2.05, 4.69) is 118 Å². The van der Waals surface area contributed by atoms with E-state index in [4.69, 9.17) is 9.16 Å². The minimum absolute atomic E-state index is 0.0905. The average molecular weight is 644 g/mol. The van der Waals surface area contributed by atoms with Gasteiger partial charge in [-0.2, -0.15) is 0 Å². The second-order valence-electron chi connectivity index (χ2n) is 15.3. The number of nitrogens with one attached hydrogen (secondary N) is 1. The minimum atomic E-state index is -2.76. The molecule has 2 bridgehead atoms. The summed E-state index contributed by atoms with van der Waals surface area (Å²) in [6.45, 7) is 9.49. The SMILES string of the molecule is C[C@H]1CC[C@@]23CC/C=C\[C@H](OC(=O)Nc4cccc5ccccc45)[C@@H]1[C@H]2[C@H](O[Si](c1ccccc1)(c1ccccc1)C(C)(C)C)CC3. The summed E-state index contributed by atoms with van der Waals surface area (Å²) in [7, 11) is -2.76. The van der Waals surface area contributed by atoms with Gasteiger partial charge in [0.15, 0.2) is 0 Å². The molecule has 0 aromatic heterocycles. The summed E-state index contributed by atoms with van der Waals surface area (Å²) in [5, 5.41) is 7.77. The second-order valence-corrected chi connectivity index (χ2v) is 19.6. The zero-order valence-electron chi connectivity index (χ0n) is 28.3. The Morgan fingerprint density at radius 1 is 0.809 bits per heavy atom. The van der Waals surface area contributed by atoms with Crippen LogP contribution in [0.5, 0.6) is 0 Å². The number of carbonyl (C=O) groups excluding carboxylic acids is 1. The number of rotatable bonds is 6. The highest BCUT2D eigenvalue weighted by molar-refractivity contribution is 6.99. The highest BCUT2D eigenvalue weighted by atomic mass is 28.4. The molecule has 2 saturated carbocycles. The fourth-order valence-corrected chi connectivity index (χ4v) is 14.4. The minimum Gasteiger partial charge on any atom is -0.441 e. The molecule has 2 fully saturated rings. The van der Waals surface area contributed by atoms with Gasteiger partial charge >= 0.3 is 6.09 Å². The molecule has 6 atom stereocenters. The quantitative estimate of drug-likeness (QED) is 0.168. The van der Waals surface area contributed by atoms with Crippen molar-refractivity contribution in [1.82, 2.24) is 0 Å². The molecule has 3 aliphatic carbocycles. The third-order valence-electron chi connectivity index (χ3n) is 11.7. The molecule has 4 aromatic carbocycles. The number of fused-ring (bicyclic) bond motifs is 1. The lowest BCUT2D eigenvalue weighted by atomic mass is 9.56. The normalized spacial score (nSPS) is 28.1. The molecule has 5 heteroatoms. The van der Waals surface area contributed by atoms with Crippen LogP contribution in [-0.4, -0.2) is 26.6 Å². The van der Waals surface area contributed by atoms with Crippen molar-refractivity contribution in [3.05, 3.63) is 115 Å². The predicted octanol–water partition coefficient (Wildman–Crippen LogP) is 9.49. The molecule has 1 N–H and O–H groups in total. The van der Waals surface area contributed by atoms with Gasteiger partial charge in [0.05, 0.1) is 5.69 Å². The average Bonchev–Trinajstić information content (AvgIpc) is 3.42. The summed E-state index contributed by atoms with van der Waals surface area (Å²) >= 11 is 0. The Kier molecular flexibility index (Phi) is 8.65. The number of anilines is 1. The highest BCUT2D eigenvalue weighted by Gasteiger charge is 2.61. The summed E-state index contributed by atoms with van der Waals surface area (Å²) in [5.41, 5.74) is 0.980. The van der Waals surface area contributed by atoms with Crippen molar-refractivity contribution in [1.29, 1.82) is 0 Å². The van der Waals surface area contributed by atoms with Gasteiger partial charge in [-0.25, -0.2) is 4.79 Å².